The van der Waals surface area contributed by atoms with Gasteiger partial charge in [-0.2, -0.15) is 0 Å². The largest absolute Gasteiger partial charge is 0.377 e. The predicted molar refractivity (Wildman–Crippen MR) is 95.0 cm³/mol. The third kappa shape index (κ3) is 5.54. The second-order valence-corrected chi connectivity index (χ2v) is 7.54. The average Bonchev–Trinajstić information content (AvgIpc) is 3.05. The number of hydrogen-bond donors (Lipinski definition) is 2. The first kappa shape index (κ1) is 18.4. The molecular formula is C19H31N3O3. The Hall–Kier alpha value is -1.40. The van der Waals surface area contributed by atoms with Gasteiger partial charge in [0.15, 0.2) is 5.76 Å². The van der Waals surface area contributed by atoms with Gasteiger partial charge in [-0.3, -0.25) is 4.79 Å². The smallest absolute Gasteiger partial charge is 0.220 e. The molecule has 0 unspecified atom stereocenters. The number of nitrogens with zero attached hydrogens (tertiary/aromatic N) is 1. The van der Waals surface area contributed by atoms with E-state index in [1.807, 2.05) is 6.07 Å². The molecule has 2 heterocycles. The second kappa shape index (κ2) is 9.34. The number of carbonyl (C=O) groups is 1. The lowest BCUT2D eigenvalue weighted by molar-refractivity contribution is -0.123. The predicted octanol–water partition coefficient (Wildman–Crippen LogP) is 2.43. The van der Waals surface area contributed by atoms with Crippen molar-refractivity contribution in [2.24, 2.45) is 11.8 Å². The third-order valence-corrected chi connectivity index (χ3v) is 5.55. The average molecular weight is 349 g/mol. The molecule has 0 aromatic carbocycles. The van der Waals surface area contributed by atoms with Crippen molar-refractivity contribution in [2.45, 2.75) is 64.0 Å². The van der Waals surface area contributed by atoms with Crippen LogP contribution in [-0.2, 0) is 22.6 Å². The van der Waals surface area contributed by atoms with Crippen LogP contribution < -0.4 is 10.6 Å². The van der Waals surface area contributed by atoms with Crippen molar-refractivity contribution in [3.63, 3.8) is 0 Å². The lowest BCUT2D eigenvalue weighted by Gasteiger charge is -2.32. The van der Waals surface area contributed by atoms with Crippen LogP contribution in [0.5, 0.6) is 0 Å². The van der Waals surface area contributed by atoms with Crippen molar-refractivity contribution in [3.8, 4) is 0 Å². The van der Waals surface area contributed by atoms with Gasteiger partial charge in [0.1, 0.15) is 6.61 Å². The van der Waals surface area contributed by atoms with Crippen LogP contribution in [0.3, 0.4) is 0 Å². The highest BCUT2D eigenvalue weighted by atomic mass is 16.5. The third-order valence-electron chi connectivity index (χ3n) is 5.55. The van der Waals surface area contributed by atoms with E-state index in [-0.39, 0.29) is 5.91 Å². The van der Waals surface area contributed by atoms with Crippen molar-refractivity contribution in [1.29, 1.82) is 0 Å². The van der Waals surface area contributed by atoms with Crippen LogP contribution in [0.2, 0.25) is 0 Å². The number of amides is 1. The first-order valence-corrected chi connectivity index (χ1v) is 9.68. The molecule has 140 valence electrons. The summed E-state index contributed by atoms with van der Waals surface area (Å²) in [5.74, 6) is 1.82. The maximum atomic E-state index is 12.5. The summed E-state index contributed by atoms with van der Waals surface area (Å²) in [5.41, 5.74) is 0.957. The molecule has 2 aliphatic rings. The van der Waals surface area contributed by atoms with E-state index in [4.69, 9.17) is 9.26 Å². The molecule has 6 nitrogen and oxygen atoms in total. The minimum Gasteiger partial charge on any atom is -0.377 e. The zero-order valence-electron chi connectivity index (χ0n) is 15.3. The monoisotopic (exact) mass is 349 g/mol. The van der Waals surface area contributed by atoms with E-state index in [1.54, 1.807) is 7.11 Å². The van der Waals surface area contributed by atoms with Gasteiger partial charge in [0.05, 0.1) is 5.69 Å². The number of rotatable bonds is 7. The highest BCUT2D eigenvalue weighted by Crippen LogP contribution is 2.27. The van der Waals surface area contributed by atoms with Crippen LogP contribution in [0, 0.1) is 11.8 Å². The summed E-state index contributed by atoms with van der Waals surface area (Å²) in [6.45, 7) is 2.38. The summed E-state index contributed by atoms with van der Waals surface area (Å²) in [5, 5.41) is 10.9. The minimum absolute atomic E-state index is 0.226. The van der Waals surface area contributed by atoms with Gasteiger partial charge in [-0.25, -0.2) is 0 Å². The Morgan fingerprint density at radius 2 is 2.16 bits per heavy atom. The van der Waals surface area contributed by atoms with Crippen LogP contribution in [-0.4, -0.2) is 37.3 Å². The molecule has 3 rings (SSSR count). The zero-order chi connectivity index (χ0) is 17.5. The highest BCUT2D eigenvalue weighted by Gasteiger charge is 2.29. The van der Waals surface area contributed by atoms with Crippen LogP contribution in [0.1, 0.15) is 56.4 Å². The maximum Gasteiger partial charge on any atom is 0.220 e. The summed E-state index contributed by atoms with van der Waals surface area (Å²) < 4.78 is 10.4. The molecule has 2 N–H and O–H groups in total. The van der Waals surface area contributed by atoms with Gasteiger partial charge in [-0.05, 0) is 50.6 Å². The zero-order valence-corrected chi connectivity index (χ0v) is 15.3. The molecule has 0 spiro atoms. The summed E-state index contributed by atoms with van der Waals surface area (Å²) >= 11 is 0. The Balaban J connectivity index is 1.51. The van der Waals surface area contributed by atoms with Gasteiger partial charge in [-0.1, -0.05) is 24.4 Å². The Bertz CT molecular complexity index is 540. The van der Waals surface area contributed by atoms with E-state index in [0.717, 1.165) is 50.2 Å². The van der Waals surface area contributed by atoms with Gasteiger partial charge in [0.2, 0.25) is 5.91 Å². The first-order valence-electron chi connectivity index (χ1n) is 9.68. The summed E-state index contributed by atoms with van der Waals surface area (Å²) in [6.07, 6.45) is 8.61. The number of ether oxygens (including phenoxy) is 1. The quantitative estimate of drug-likeness (QED) is 0.791. The maximum absolute atomic E-state index is 12.5. The van der Waals surface area contributed by atoms with Crippen LogP contribution in [0.15, 0.2) is 10.6 Å². The molecule has 1 aromatic rings. The number of carbonyl (C=O) groups excluding carboxylic acids is 1. The van der Waals surface area contributed by atoms with Gasteiger partial charge < -0.3 is 19.9 Å². The van der Waals surface area contributed by atoms with E-state index in [2.05, 4.69) is 15.8 Å². The van der Waals surface area contributed by atoms with Gasteiger partial charge in [0.25, 0.3) is 0 Å². The molecule has 0 radical (unpaired) electrons. The molecule has 1 saturated heterocycles. The van der Waals surface area contributed by atoms with Crippen molar-refractivity contribution in [1.82, 2.24) is 15.8 Å². The first-order chi connectivity index (χ1) is 12.2. The number of methoxy groups -OCH3 is 1. The van der Waals surface area contributed by atoms with Crippen molar-refractivity contribution >= 4 is 5.91 Å². The second-order valence-electron chi connectivity index (χ2n) is 7.54. The number of aromatic nitrogens is 1. The Kier molecular flexibility index (Phi) is 6.87. The molecular weight excluding hydrogens is 318 g/mol. The Labute approximate surface area is 150 Å². The van der Waals surface area contributed by atoms with Gasteiger partial charge in [-0.15, -0.1) is 0 Å². The fraction of sp³-hybridized carbons (Fsp3) is 0.789. The van der Waals surface area contributed by atoms with Gasteiger partial charge in [0, 0.05) is 25.6 Å². The number of piperidine rings is 1. The van der Waals surface area contributed by atoms with E-state index in [9.17, 15) is 4.79 Å². The molecule has 2 atom stereocenters. The van der Waals surface area contributed by atoms with E-state index in [1.165, 1.54) is 19.3 Å². The van der Waals surface area contributed by atoms with E-state index >= 15 is 0 Å². The highest BCUT2D eigenvalue weighted by molar-refractivity contribution is 5.76. The molecule has 0 bridgehead atoms. The standard InChI is InChI=1S/C19H31N3O3/c1-24-13-18-11-17(22-25-18)9-15-12-20-8-7-14(15)10-19(23)21-16-5-3-2-4-6-16/h11,14-16,20H,2-10,12-13H2,1H3,(H,21,23)/t14-,15+/m0/s1. The fourth-order valence-corrected chi connectivity index (χ4v) is 4.19. The van der Waals surface area contributed by atoms with E-state index in [0.29, 0.717) is 30.9 Å². The lowest BCUT2D eigenvalue weighted by atomic mass is 9.81. The summed E-state index contributed by atoms with van der Waals surface area (Å²) in [4.78, 5) is 12.5. The molecule has 1 aliphatic heterocycles. The fourth-order valence-electron chi connectivity index (χ4n) is 4.19. The van der Waals surface area contributed by atoms with Crippen LogP contribution >= 0.6 is 0 Å². The van der Waals surface area contributed by atoms with Crippen molar-refractivity contribution in [2.75, 3.05) is 20.2 Å². The molecule has 1 aliphatic carbocycles. The molecule has 1 amide bonds. The Morgan fingerprint density at radius 1 is 1.32 bits per heavy atom. The number of nitrogens with one attached hydrogen (secondary N) is 2. The van der Waals surface area contributed by atoms with Crippen LogP contribution in [0.25, 0.3) is 0 Å². The molecule has 25 heavy (non-hydrogen) atoms. The normalized spacial score (nSPS) is 25.0. The molecule has 2 fully saturated rings. The van der Waals surface area contributed by atoms with Crippen molar-refractivity contribution < 1.29 is 14.1 Å². The summed E-state index contributed by atoms with van der Waals surface area (Å²) in [7, 11) is 1.65. The molecule has 1 saturated carbocycles. The van der Waals surface area contributed by atoms with Crippen LogP contribution in [0.4, 0.5) is 0 Å². The molecule has 6 heteroatoms. The topological polar surface area (TPSA) is 76.4 Å². The lowest BCUT2D eigenvalue weighted by Crippen LogP contribution is -2.42. The SMILES string of the molecule is COCc1cc(C[C@@H]2CNCC[C@H]2CC(=O)NC2CCCCC2)no1. The van der Waals surface area contributed by atoms with E-state index < -0.39 is 0 Å². The number of hydrogen-bond acceptors (Lipinski definition) is 5. The van der Waals surface area contributed by atoms with Crippen molar-refractivity contribution in [3.05, 3.63) is 17.5 Å². The van der Waals surface area contributed by atoms with Gasteiger partial charge >= 0.3 is 0 Å². The molecule has 1 aromatic heterocycles. The Morgan fingerprint density at radius 3 is 2.96 bits per heavy atom. The minimum atomic E-state index is 0.226. The summed E-state index contributed by atoms with van der Waals surface area (Å²) in [6, 6.07) is 2.37.